The molecule has 0 aliphatic heterocycles. The Bertz CT molecular complexity index is 409. The molecule has 0 saturated carbocycles. The fraction of sp³-hybridized carbons (Fsp3) is 0.625. The van der Waals surface area contributed by atoms with Crippen LogP contribution in [0.4, 0.5) is 4.39 Å². The van der Waals surface area contributed by atoms with Gasteiger partial charge >= 0.3 is 0 Å². The largest absolute Gasteiger partial charge is 0.494 e. The number of benzene rings is 1. The van der Waals surface area contributed by atoms with Crippen LogP contribution in [0.1, 0.15) is 26.3 Å². The van der Waals surface area contributed by atoms with Crippen molar-refractivity contribution in [1.29, 1.82) is 0 Å². The Kier molecular flexibility index (Phi) is 8.27. The van der Waals surface area contributed by atoms with Gasteiger partial charge in [-0.15, -0.1) is 0 Å². The van der Waals surface area contributed by atoms with Crippen molar-refractivity contribution < 1.29 is 18.6 Å². The second-order valence-corrected chi connectivity index (χ2v) is 4.58. The molecule has 1 unspecified atom stereocenters. The first-order valence-corrected chi connectivity index (χ1v) is 7.45. The molecule has 4 nitrogen and oxygen atoms in total. The highest BCUT2D eigenvalue weighted by Crippen LogP contribution is 2.22. The summed E-state index contributed by atoms with van der Waals surface area (Å²) in [6.45, 7) is 7.69. The van der Waals surface area contributed by atoms with E-state index in [1.165, 1.54) is 7.11 Å². The van der Waals surface area contributed by atoms with E-state index < -0.39 is 6.29 Å². The second-order valence-electron chi connectivity index (χ2n) is 4.58. The lowest BCUT2D eigenvalue weighted by atomic mass is 10.0. The predicted molar refractivity (Wildman–Crippen MR) is 81.2 cm³/mol. The SMILES string of the molecule is CCNC(Cc1cccc(OC)c1F)C(OCC)OCC. The van der Waals surface area contributed by atoms with Crippen LogP contribution in [0.15, 0.2) is 18.2 Å². The Hall–Kier alpha value is -1.17. The van der Waals surface area contributed by atoms with E-state index in [4.69, 9.17) is 14.2 Å². The molecule has 0 aliphatic carbocycles. The number of hydrogen-bond acceptors (Lipinski definition) is 4. The lowest BCUT2D eigenvalue weighted by molar-refractivity contribution is -0.153. The Labute approximate surface area is 126 Å². The first-order chi connectivity index (χ1) is 10.2. The third kappa shape index (κ3) is 5.26. The van der Waals surface area contributed by atoms with Crippen molar-refractivity contribution in [3.63, 3.8) is 0 Å². The van der Waals surface area contributed by atoms with Crippen molar-refractivity contribution in [3.05, 3.63) is 29.6 Å². The average molecular weight is 299 g/mol. The summed E-state index contributed by atoms with van der Waals surface area (Å²) < 4.78 is 30.6. The van der Waals surface area contributed by atoms with Gasteiger partial charge in [0.25, 0.3) is 0 Å². The molecule has 0 amide bonds. The van der Waals surface area contributed by atoms with Crippen LogP contribution in [0.3, 0.4) is 0 Å². The van der Waals surface area contributed by atoms with Crippen molar-refractivity contribution in [2.45, 2.75) is 39.5 Å². The molecule has 1 atom stereocenters. The quantitative estimate of drug-likeness (QED) is 0.674. The van der Waals surface area contributed by atoms with Gasteiger partial charge in [0.2, 0.25) is 0 Å². The number of halogens is 1. The normalized spacial score (nSPS) is 12.7. The topological polar surface area (TPSA) is 39.7 Å². The van der Waals surface area contributed by atoms with Crippen LogP contribution >= 0.6 is 0 Å². The number of ether oxygens (including phenoxy) is 3. The van der Waals surface area contributed by atoms with Gasteiger partial charge in [-0.3, -0.25) is 0 Å². The molecule has 0 aliphatic rings. The lowest BCUT2D eigenvalue weighted by Crippen LogP contribution is -2.44. The van der Waals surface area contributed by atoms with E-state index in [0.717, 1.165) is 6.54 Å². The average Bonchev–Trinajstić information content (AvgIpc) is 2.48. The zero-order chi connectivity index (χ0) is 15.7. The zero-order valence-electron chi connectivity index (χ0n) is 13.3. The molecule has 0 bridgehead atoms. The van der Waals surface area contributed by atoms with E-state index in [0.29, 0.717) is 25.2 Å². The predicted octanol–water partition coefficient (Wildman–Crippen LogP) is 2.75. The summed E-state index contributed by atoms with van der Waals surface area (Å²) in [5, 5.41) is 3.31. The van der Waals surface area contributed by atoms with E-state index in [1.807, 2.05) is 20.8 Å². The van der Waals surface area contributed by atoms with Gasteiger partial charge in [0.05, 0.1) is 13.2 Å². The van der Waals surface area contributed by atoms with Crippen LogP contribution in [0.25, 0.3) is 0 Å². The molecule has 0 aromatic heterocycles. The Morgan fingerprint density at radius 2 is 1.81 bits per heavy atom. The molecular formula is C16H26FNO3. The number of methoxy groups -OCH3 is 1. The molecule has 5 heteroatoms. The van der Waals surface area contributed by atoms with Gasteiger partial charge in [-0.05, 0) is 38.4 Å². The maximum atomic E-state index is 14.3. The van der Waals surface area contributed by atoms with E-state index >= 15 is 0 Å². The second kappa shape index (κ2) is 9.71. The van der Waals surface area contributed by atoms with Gasteiger partial charge in [-0.25, -0.2) is 4.39 Å². The van der Waals surface area contributed by atoms with Crippen molar-refractivity contribution in [2.75, 3.05) is 26.9 Å². The monoisotopic (exact) mass is 299 g/mol. The van der Waals surface area contributed by atoms with Crippen molar-refractivity contribution in [3.8, 4) is 5.75 Å². The fourth-order valence-corrected chi connectivity index (χ4v) is 2.24. The molecule has 1 aromatic carbocycles. The highest BCUT2D eigenvalue weighted by atomic mass is 19.1. The van der Waals surface area contributed by atoms with Crippen molar-refractivity contribution in [1.82, 2.24) is 5.32 Å². The van der Waals surface area contributed by atoms with Gasteiger partial charge in [0.1, 0.15) is 0 Å². The molecule has 0 radical (unpaired) electrons. The summed E-state index contributed by atoms with van der Waals surface area (Å²) in [7, 11) is 1.47. The highest BCUT2D eigenvalue weighted by molar-refractivity contribution is 5.31. The lowest BCUT2D eigenvalue weighted by Gasteiger charge is -2.27. The van der Waals surface area contributed by atoms with Crippen molar-refractivity contribution >= 4 is 0 Å². The van der Waals surface area contributed by atoms with E-state index in [-0.39, 0.29) is 17.6 Å². The number of likely N-dealkylation sites (N-methyl/N-ethyl adjacent to an activating group) is 1. The Morgan fingerprint density at radius 1 is 1.14 bits per heavy atom. The summed E-state index contributed by atoms with van der Waals surface area (Å²) in [5.74, 6) is -0.0678. The number of hydrogen-bond donors (Lipinski definition) is 1. The summed E-state index contributed by atoms with van der Waals surface area (Å²) in [6.07, 6.45) is 0.0761. The Balaban J connectivity index is 2.90. The standard InChI is InChI=1S/C16H26FNO3/c1-5-18-13(16(20-6-2)21-7-3)11-12-9-8-10-14(19-4)15(12)17/h8-10,13,16,18H,5-7,11H2,1-4H3. The minimum atomic E-state index is -0.398. The minimum Gasteiger partial charge on any atom is -0.494 e. The maximum Gasteiger partial charge on any atom is 0.172 e. The smallest absolute Gasteiger partial charge is 0.172 e. The third-order valence-electron chi connectivity index (χ3n) is 3.16. The first kappa shape index (κ1) is 17.9. The fourth-order valence-electron chi connectivity index (χ4n) is 2.24. The zero-order valence-corrected chi connectivity index (χ0v) is 13.3. The van der Waals surface area contributed by atoms with Crippen LogP contribution in [-0.4, -0.2) is 39.2 Å². The molecule has 0 spiro atoms. The summed E-state index contributed by atoms with van der Waals surface area (Å²) in [5.41, 5.74) is 0.588. The first-order valence-electron chi connectivity index (χ1n) is 7.45. The molecule has 1 N–H and O–H groups in total. The number of rotatable bonds is 10. The van der Waals surface area contributed by atoms with E-state index in [1.54, 1.807) is 18.2 Å². The Morgan fingerprint density at radius 3 is 2.33 bits per heavy atom. The van der Waals surface area contributed by atoms with Gasteiger partial charge in [0, 0.05) is 13.2 Å². The summed E-state index contributed by atoms with van der Waals surface area (Å²) in [4.78, 5) is 0. The third-order valence-corrected chi connectivity index (χ3v) is 3.16. The summed E-state index contributed by atoms with van der Waals surface area (Å²) in [6, 6.07) is 5.05. The maximum absolute atomic E-state index is 14.3. The molecule has 0 heterocycles. The minimum absolute atomic E-state index is 0.114. The molecule has 120 valence electrons. The van der Waals surface area contributed by atoms with E-state index in [2.05, 4.69) is 5.32 Å². The molecule has 1 aromatic rings. The molecule has 0 fully saturated rings. The molecular weight excluding hydrogens is 273 g/mol. The van der Waals surface area contributed by atoms with Crippen LogP contribution in [0.5, 0.6) is 5.75 Å². The van der Waals surface area contributed by atoms with Gasteiger partial charge in [0.15, 0.2) is 17.9 Å². The van der Waals surface area contributed by atoms with Crippen LogP contribution in [-0.2, 0) is 15.9 Å². The van der Waals surface area contributed by atoms with Crippen LogP contribution in [0, 0.1) is 5.82 Å². The number of nitrogens with one attached hydrogen (secondary N) is 1. The van der Waals surface area contributed by atoms with Crippen LogP contribution in [0.2, 0.25) is 0 Å². The molecule has 21 heavy (non-hydrogen) atoms. The molecule has 0 saturated heterocycles. The summed E-state index contributed by atoms with van der Waals surface area (Å²) >= 11 is 0. The van der Waals surface area contributed by atoms with Gasteiger partial charge < -0.3 is 19.5 Å². The van der Waals surface area contributed by atoms with E-state index in [9.17, 15) is 4.39 Å². The highest BCUT2D eigenvalue weighted by Gasteiger charge is 2.23. The van der Waals surface area contributed by atoms with Gasteiger partial charge in [-0.2, -0.15) is 0 Å². The van der Waals surface area contributed by atoms with Gasteiger partial charge in [-0.1, -0.05) is 19.1 Å². The molecule has 1 rings (SSSR count). The van der Waals surface area contributed by atoms with Crippen LogP contribution < -0.4 is 10.1 Å². The van der Waals surface area contributed by atoms with Crippen molar-refractivity contribution in [2.24, 2.45) is 0 Å².